The Hall–Kier alpha value is -2.49. The van der Waals surface area contributed by atoms with Gasteiger partial charge in [0.25, 0.3) is 0 Å². The zero-order valence-corrected chi connectivity index (χ0v) is 14.3. The molecule has 3 nitrogen and oxygen atoms in total. The molecule has 0 bridgehead atoms. The summed E-state index contributed by atoms with van der Waals surface area (Å²) in [6.07, 6.45) is 3.02. The Morgan fingerprint density at radius 3 is 2.69 bits per heavy atom. The number of urea groups is 1. The van der Waals surface area contributed by atoms with Crippen molar-refractivity contribution >= 4 is 11.7 Å². The summed E-state index contributed by atoms with van der Waals surface area (Å²) in [5, 5.41) is 4.06. The molecule has 0 spiro atoms. The summed E-state index contributed by atoms with van der Waals surface area (Å²) < 4.78 is 55.0. The van der Waals surface area contributed by atoms with Crippen molar-refractivity contribution < 1.29 is 22.4 Å². The van der Waals surface area contributed by atoms with Gasteiger partial charge in [-0.05, 0) is 37.1 Å². The average molecular weight is 368 g/mol. The number of benzene rings is 1. The molecule has 0 radical (unpaired) electrons. The number of rotatable bonds is 5. The lowest BCUT2D eigenvalue weighted by molar-refractivity contribution is -0.178. The van der Waals surface area contributed by atoms with E-state index >= 15 is 0 Å². The van der Waals surface area contributed by atoms with E-state index < -0.39 is 29.1 Å². The van der Waals surface area contributed by atoms with Gasteiger partial charge in [0, 0.05) is 11.3 Å². The molecule has 0 aliphatic carbocycles. The summed E-state index contributed by atoms with van der Waals surface area (Å²) in [7, 11) is 0. The molecule has 1 atom stereocenters. The van der Waals surface area contributed by atoms with Gasteiger partial charge in [-0.3, -0.25) is 0 Å². The first-order chi connectivity index (χ1) is 12.3. The van der Waals surface area contributed by atoms with Crippen molar-refractivity contribution in [2.45, 2.75) is 50.7 Å². The van der Waals surface area contributed by atoms with Gasteiger partial charge in [0.2, 0.25) is 5.54 Å². The summed E-state index contributed by atoms with van der Waals surface area (Å²) in [6, 6.07) is 1.77. The minimum atomic E-state index is -4.92. The molecule has 1 aromatic rings. The Morgan fingerprint density at radius 1 is 1.23 bits per heavy atom. The van der Waals surface area contributed by atoms with Crippen molar-refractivity contribution in [2.24, 2.45) is 0 Å². The first-order valence-electron chi connectivity index (χ1n) is 8.44. The number of halogens is 4. The van der Waals surface area contributed by atoms with Crippen LogP contribution in [0, 0.1) is 17.7 Å². The number of anilines is 1. The predicted octanol–water partition coefficient (Wildman–Crippen LogP) is 5.25. The molecule has 7 heteroatoms. The minimum Gasteiger partial charge on any atom is -0.310 e. The van der Waals surface area contributed by atoms with Crippen molar-refractivity contribution in [1.82, 2.24) is 5.32 Å². The molecule has 0 saturated heterocycles. The van der Waals surface area contributed by atoms with Crippen LogP contribution in [0.2, 0.25) is 0 Å². The molecule has 1 unspecified atom stereocenters. The third-order valence-corrected chi connectivity index (χ3v) is 4.05. The van der Waals surface area contributed by atoms with Crippen LogP contribution in [0.3, 0.4) is 0 Å². The average Bonchev–Trinajstić information content (AvgIpc) is 2.56. The summed E-state index contributed by atoms with van der Waals surface area (Å²) in [6.45, 7) is 2.09. The monoisotopic (exact) mass is 368 g/mol. The lowest BCUT2D eigenvalue weighted by Gasteiger charge is -2.37. The van der Waals surface area contributed by atoms with Gasteiger partial charge in [-0.15, -0.1) is 0 Å². The Labute approximate surface area is 149 Å². The highest BCUT2D eigenvalue weighted by molar-refractivity contribution is 5.94. The number of unbranched alkanes of at least 4 members (excludes halogenated alkanes) is 4. The number of nitrogens with one attached hydrogen (secondary N) is 2. The quantitative estimate of drug-likeness (QED) is 0.416. The predicted molar refractivity (Wildman–Crippen MR) is 92.0 cm³/mol. The molecule has 1 aliphatic rings. The van der Waals surface area contributed by atoms with E-state index in [4.69, 9.17) is 0 Å². The largest absolute Gasteiger partial charge is 0.427 e. The number of hydrogen-bond donors (Lipinski definition) is 2. The Bertz CT molecular complexity index is 746. The van der Waals surface area contributed by atoms with E-state index in [-0.39, 0.29) is 5.69 Å². The van der Waals surface area contributed by atoms with Gasteiger partial charge in [-0.2, -0.15) is 13.2 Å². The first-order valence-corrected chi connectivity index (χ1v) is 8.44. The summed E-state index contributed by atoms with van der Waals surface area (Å²) in [5.74, 6) is 3.61. The van der Waals surface area contributed by atoms with Crippen LogP contribution >= 0.6 is 0 Å². The normalized spacial score (nSPS) is 19.3. The molecular weight excluding hydrogens is 348 g/mol. The van der Waals surface area contributed by atoms with Gasteiger partial charge in [-0.1, -0.05) is 44.1 Å². The highest BCUT2D eigenvalue weighted by Gasteiger charge is 2.59. The number of fused-ring (bicyclic) bond motifs is 1. The SMILES string of the molecule is CCCCCC/C=C/C#CC1(C(F)(F)F)NC(=O)Nc2ccc(F)cc21. The molecule has 2 rings (SSSR count). The summed E-state index contributed by atoms with van der Waals surface area (Å²) in [4.78, 5) is 11.7. The molecule has 2 amide bonds. The van der Waals surface area contributed by atoms with Crippen LogP contribution in [-0.2, 0) is 5.54 Å². The zero-order valence-electron chi connectivity index (χ0n) is 14.3. The van der Waals surface area contributed by atoms with Crippen LogP contribution in [0.25, 0.3) is 0 Å². The second-order valence-corrected chi connectivity index (χ2v) is 6.04. The van der Waals surface area contributed by atoms with Gasteiger partial charge < -0.3 is 10.6 Å². The second kappa shape index (κ2) is 8.26. The van der Waals surface area contributed by atoms with Crippen molar-refractivity contribution in [2.75, 3.05) is 5.32 Å². The van der Waals surface area contributed by atoms with E-state index in [1.54, 1.807) is 6.08 Å². The standard InChI is InChI=1S/C19H20F4N2O/c1-2-3-4-5-6-7-8-9-12-18(19(21,22)23)15-13-14(20)10-11-16(15)24-17(26)25-18/h7-8,10-11,13H,2-6H2,1H3,(H2,24,25,26)/b8-7+. The molecule has 0 fully saturated rings. The van der Waals surface area contributed by atoms with Crippen molar-refractivity contribution in [3.05, 3.63) is 41.7 Å². The van der Waals surface area contributed by atoms with Crippen LogP contribution in [0.15, 0.2) is 30.4 Å². The third-order valence-electron chi connectivity index (χ3n) is 4.05. The van der Waals surface area contributed by atoms with E-state index in [9.17, 15) is 22.4 Å². The van der Waals surface area contributed by atoms with Gasteiger partial charge in [-0.25, -0.2) is 9.18 Å². The van der Waals surface area contributed by atoms with E-state index in [0.29, 0.717) is 6.42 Å². The number of carbonyl (C=O) groups is 1. The molecule has 0 saturated carbocycles. The van der Waals surface area contributed by atoms with Crippen molar-refractivity contribution in [1.29, 1.82) is 0 Å². The Morgan fingerprint density at radius 2 is 2.00 bits per heavy atom. The maximum Gasteiger partial charge on any atom is 0.427 e. The van der Waals surface area contributed by atoms with Crippen LogP contribution in [0.5, 0.6) is 0 Å². The minimum absolute atomic E-state index is 0.120. The van der Waals surface area contributed by atoms with Crippen LogP contribution in [-0.4, -0.2) is 12.2 Å². The van der Waals surface area contributed by atoms with E-state index in [1.807, 2.05) is 5.32 Å². The Kier molecular flexibility index (Phi) is 6.30. The number of hydrogen-bond acceptors (Lipinski definition) is 1. The number of carbonyl (C=O) groups excluding carboxylic acids is 1. The number of amides is 2. The molecule has 1 heterocycles. The first kappa shape index (κ1) is 19.8. The van der Waals surface area contributed by atoms with Crippen LogP contribution in [0.4, 0.5) is 28.0 Å². The molecule has 140 valence electrons. The Balaban J connectivity index is 2.31. The fourth-order valence-electron chi connectivity index (χ4n) is 2.70. The van der Waals surface area contributed by atoms with Gasteiger partial charge in [0.05, 0.1) is 0 Å². The topological polar surface area (TPSA) is 41.1 Å². The molecular formula is C19H20F4N2O. The smallest absolute Gasteiger partial charge is 0.310 e. The summed E-state index contributed by atoms with van der Waals surface area (Å²) >= 11 is 0. The number of alkyl halides is 3. The fraction of sp³-hybridized carbons (Fsp3) is 0.421. The molecule has 1 aromatic carbocycles. The van der Waals surface area contributed by atoms with Gasteiger partial charge in [0.1, 0.15) is 5.82 Å². The van der Waals surface area contributed by atoms with Crippen molar-refractivity contribution in [3.8, 4) is 11.8 Å². The molecule has 1 aliphatic heterocycles. The number of allylic oxidation sites excluding steroid dienone is 2. The van der Waals surface area contributed by atoms with Gasteiger partial charge in [0.15, 0.2) is 0 Å². The maximum atomic E-state index is 13.8. The zero-order chi connectivity index (χ0) is 19.2. The lowest BCUT2D eigenvalue weighted by atomic mass is 9.86. The third kappa shape index (κ3) is 4.37. The molecule has 0 aromatic heterocycles. The molecule has 26 heavy (non-hydrogen) atoms. The summed E-state index contributed by atoms with van der Waals surface area (Å²) in [5.41, 5.74) is -3.54. The fourth-order valence-corrected chi connectivity index (χ4v) is 2.70. The van der Waals surface area contributed by atoms with Crippen LogP contribution < -0.4 is 10.6 Å². The van der Waals surface area contributed by atoms with Gasteiger partial charge >= 0.3 is 12.2 Å². The van der Waals surface area contributed by atoms with E-state index in [2.05, 4.69) is 24.1 Å². The maximum absolute atomic E-state index is 13.8. The lowest BCUT2D eigenvalue weighted by Crippen LogP contribution is -2.59. The highest BCUT2D eigenvalue weighted by atomic mass is 19.4. The molecule has 2 N–H and O–H groups in total. The highest BCUT2D eigenvalue weighted by Crippen LogP contribution is 2.43. The second-order valence-electron chi connectivity index (χ2n) is 6.04. The van der Waals surface area contributed by atoms with E-state index in [1.165, 1.54) is 6.08 Å². The van der Waals surface area contributed by atoms with Crippen LogP contribution in [0.1, 0.15) is 44.6 Å². The van der Waals surface area contributed by atoms with E-state index in [0.717, 1.165) is 43.9 Å². The van der Waals surface area contributed by atoms with Crippen molar-refractivity contribution in [3.63, 3.8) is 0 Å².